The zero-order valence-electron chi connectivity index (χ0n) is 9.05. The van der Waals surface area contributed by atoms with Crippen LogP contribution < -0.4 is 5.32 Å². The highest BCUT2D eigenvalue weighted by atomic mass is 16.4. The third-order valence-electron chi connectivity index (χ3n) is 1.64. The molecule has 0 saturated carbocycles. The summed E-state index contributed by atoms with van der Waals surface area (Å²) in [7, 11) is 0. The second-order valence-corrected chi connectivity index (χ2v) is 3.19. The highest BCUT2D eigenvalue weighted by Gasteiger charge is 2.16. The number of nitriles is 1. The van der Waals surface area contributed by atoms with Gasteiger partial charge in [-0.1, -0.05) is 0 Å². The van der Waals surface area contributed by atoms with Crippen LogP contribution in [-0.2, 0) is 14.4 Å². The molecule has 17 heavy (non-hydrogen) atoms. The van der Waals surface area contributed by atoms with E-state index in [1.54, 1.807) is 0 Å². The van der Waals surface area contributed by atoms with Crippen molar-refractivity contribution in [3.63, 3.8) is 0 Å². The Morgan fingerprint density at radius 1 is 1.12 bits per heavy atom. The molecule has 0 atom stereocenters. The van der Waals surface area contributed by atoms with Crippen LogP contribution in [-0.4, -0.2) is 59.1 Å². The molecule has 8 heteroatoms. The Morgan fingerprint density at radius 2 is 1.65 bits per heavy atom. The number of carboxylic acid groups (broad SMARTS) is 2. The van der Waals surface area contributed by atoms with Crippen molar-refractivity contribution in [2.75, 3.05) is 26.2 Å². The van der Waals surface area contributed by atoms with Crippen LogP contribution in [0.15, 0.2) is 0 Å². The maximum absolute atomic E-state index is 11.2. The molecule has 0 radical (unpaired) electrons. The predicted molar refractivity (Wildman–Crippen MR) is 55.0 cm³/mol. The van der Waals surface area contributed by atoms with E-state index in [4.69, 9.17) is 15.5 Å². The maximum atomic E-state index is 11.2. The summed E-state index contributed by atoms with van der Waals surface area (Å²) in [6, 6.07) is 1.82. The van der Waals surface area contributed by atoms with E-state index in [1.807, 2.05) is 6.07 Å². The maximum Gasteiger partial charge on any atom is 0.317 e. The molecule has 0 spiro atoms. The van der Waals surface area contributed by atoms with Crippen LogP contribution in [0.3, 0.4) is 0 Å². The summed E-state index contributed by atoms with van der Waals surface area (Å²) in [6.07, 6.45) is 0.142. The number of carboxylic acids is 2. The number of hydrogen-bond donors (Lipinski definition) is 3. The Morgan fingerprint density at radius 3 is 2.06 bits per heavy atom. The molecule has 0 aromatic rings. The Kier molecular flexibility index (Phi) is 7.05. The third kappa shape index (κ3) is 8.83. The first-order chi connectivity index (χ1) is 7.95. The molecule has 0 fully saturated rings. The van der Waals surface area contributed by atoms with Gasteiger partial charge in [0.2, 0.25) is 5.91 Å². The number of hydrogen-bond acceptors (Lipinski definition) is 5. The first-order valence-corrected chi connectivity index (χ1v) is 4.75. The van der Waals surface area contributed by atoms with Crippen molar-refractivity contribution in [2.24, 2.45) is 0 Å². The number of nitrogens with zero attached hydrogens (tertiary/aromatic N) is 2. The van der Waals surface area contributed by atoms with E-state index < -0.39 is 30.9 Å². The zero-order valence-corrected chi connectivity index (χ0v) is 9.05. The molecule has 0 saturated heterocycles. The van der Waals surface area contributed by atoms with Gasteiger partial charge in [0.1, 0.15) is 0 Å². The first kappa shape index (κ1) is 14.9. The van der Waals surface area contributed by atoms with Crippen molar-refractivity contribution in [3.8, 4) is 6.07 Å². The van der Waals surface area contributed by atoms with Gasteiger partial charge in [-0.2, -0.15) is 5.26 Å². The summed E-state index contributed by atoms with van der Waals surface area (Å²) in [5.74, 6) is -2.94. The smallest absolute Gasteiger partial charge is 0.317 e. The first-order valence-electron chi connectivity index (χ1n) is 4.75. The van der Waals surface area contributed by atoms with Gasteiger partial charge >= 0.3 is 11.9 Å². The standard InChI is InChI=1S/C9H13N3O5/c10-2-1-3-11-7(13)4-12(5-8(14)15)6-9(16)17/h1,3-6H2,(H,11,13)(H,14,15)(H,16,17). The predicted octanol–water partition coefficient (Wildman–Crippen LogP) is -1.51. The Hall–Kier alpha value is -2.14. The average Bonchev–Trinajstić information content (AvgIpc) is 2.15. The summed E-state index contributed by atoms with van der Waals surface area (Å²) >= 11 is 0. The SMILES string of the molecule is N#CCCNC(=O)CN(CC(=O)O)CC(=O)O. The minimum Gasteiger partial charge on any atom is -0.480 e. The molecule has 0 bridgehead atoms. The quantitative estimate of drug-likeness (QED) is 0.441. The molecule has 3 N–H and O–H groups in total. The molecular weight excluding hydrogens is 230 g/mol. The van der Waals surface area contributed by atoms with Crippen LogP contribution in [0.2, 0.25) is 0 Å². The fourth-order valence-electron chi connectivity index (χ4n) is 1.07. The van der Waals surface area contributed by atoms with Crippen LogP contribution in [0.25, 0.3) is 0 Å². The van der Waals surface area contributed by atoms with Crippen molar-refractivity contribution < 1.29 is 24.6 Å². The van der Waals surface area contributed by atoms with Crippen LogP contribution in [0.5, 0.6) is 0 Å². The summed E-state index contributed by atoms with van der Waals surface area (Å²) in [6.45, 7) is -1.23. The third-order valence-corrected chi connectivity index (χ3v) is 1.64. The molecular formula is C9H13N3O5. The summed E-state index contributed by atoms with van der Waals surface area (Å²) in [5, 5.41) is 27.6. The molecule has 1 amide bonds. The van der Waals surface area contributed by atoms with Gasteiger partial charge in [0, 0.05) is 6.54 Å². The molecule has 94 valence electrons. The minimum atomic E-state index is -1.21. The van der Waals surface area contributed by atoms with Gasteiger partial charge in [-0.05, 0) is 0 Å². The van der Waals surface area contributed by atoms with E-state index in [0.717, 1.165) is 4.90 Å². The molecule has 0 rings (SSSR count). The van der Waals surface area contributed by atoms with E-state index >= 15 is 0 Å². The molecule has 0 aromatic heterocycles. The molecule has 0 heterocycles. The van der Waals surface area contributed by atoms with Gasteiger partial charge < -0.3 is 15.5 Å². The van der Waals surface area contributed by atoms with Crippen molar-refractivity contribution in [1.82, 2.24) is 10.2 Å². The van der Waals surface area contributed by atoms with Crippen molar-refractivity contribution in [3.05, 3.63) is 0 Å². The lowest BCUT2D eigenvalue weighted by Crippen LogP contribution is -2.42. The van der Waals surface area contributed by atoms with Gasteiger partial charge in [0.15, 0.2) is 0 Å². The van der Waals surface area contributed by atoms with Crippen molar-refractivity contribution in [2.45, 2.75) is 6.42 Å². The van der Waals surface area contributed by atoms with E-state index in [0.29, 0.717) is 0 Å². The van der Waals surface area contributed by atoms with Crippen molar-refractivity contribution >= 4 is 17.8 Å². The molecule has 8 nitrogen and oxygen atoms in total. The summed E-state index contributed by atoms with van der Waals surface area (Å²) < 4.78 is 0. The van der Waals surface area contributed by atoms with Crippen LogP contribution in [0, 0.1) is 11.3 Å². The number of amides is 1. The van der Waals surface area contributed by atoms with E-state index in [-0.39, 0.29) is 19.5 Å². The number of carbonyl (C=O) groups is 3. The van der Waals surface area contributed by atoms with E-state index in [2.05, 4.69) is 5.32 Å². The van der Waals surface area contributed by atoms with Gasteiger partial charge in [-0.3, -0.25) is 19.3 Å². The van der Waals surface area contributed by atoms with Crippen molar-refractivity contribution in [1.29, 1.82) is 5.26 Å². The number of nitrogens with one attached hydrogen (secondary N) is 1. The fourth-order valence-corrected chi connectivity index (χ4v) is 1.07. The Balaban J connectivity index is 4.13. The normalized spacial score (nSPS) is 9.65. The molecule has 0 aliphatic carbocycles. The van der Waals surface area contributed by atoms with Crippen LogP contribution in [0.1, 0.15) is 6.42 Å². The monoisotopic (exact) mass is 243 g/mol. The lowest BCUT2D eigenvalue weighted by molar-refractivity contribution is -0.142. The second kappa shape index (κ2) is 8.06. The summed E-state index contributed by atoms with van der Waals surface area (Å²) in [5.41, 5.74) is 0. The minimum absolute atomic E-state index is 0.142. The average molecular weight is 243 g/mol. The summed E-state index contributed by atoms with van der Waals surface area (Å²) in [4.78, 5) is 33.1. The van der Waals surface area contributed by atoms with Crippen LogP contribution in [0.4, 0.5) is 0 Å². The topological polar surface area (TPSA) is 131 Å². The zero-order chi connectivity index (χ0) is 13.3. The molecule has 0 aromatic carbocycles. The van der Waals surface area contributed by atoms with Gasteiger partial charge in [-0.15, -0.1) is 0 Å². The second-order valence-electron chi connectivity index (χ2n) is 3.19. The number of aliphatic carboxylic acids is 2. The van der Waals surface area contributed by atoms with Gasteiger partial charge in [0.05, 0.1) is 32.1 Å². The number of carbonyl (C=O) groups excluding carboxylic acids is 1. The lowest BCUT2D eigenvalue weighted by Gasteiger charge is -2.16. The Bertz CT molecular complexity index is 320. The molecule has 0 aliphatic heterocycles. The number of rotatable bonds is 8. The van der Waals surface area contributed by atoms with Gasteiger partial charge in [-0.25, -0.2) is 0 Å². The fraction of sp³-hybridized carbons (Fsp3) is 0.556. The van der Waals surface area contributed by atoms with Gasteiger partial charge in [0.25, 0.3) is 0 Å². The largest absolute Gasteiger partial charge is 0.480 e. The van der Waals surface area contributed by atoms with E-state index in [1.165, 1.54) is 0 Å². The molecule has 0 aliphatic rings. The van der Waals surface area contributed by atoms with Crippen LogP contribution >= 0.6 is 0 Å². The highest BCUT2D eigenvalue weighted by molar-refractivity contribution is 5.80. The highest BCUT2D eigenvalue weighted by Crippen LogP contribution is 1.88. The van der Waals surface area contributed by atoms with E-state index in [9.17, 15) is 14.4 Å². The Labute approximate surface area is 97.4 Å². The molecule has 0 unspecified atom stereocenters. The lowest BCUT2D eigenvalue weighted by atomic mass is 10.4.